The zero-order valence-electron chi connectivity index (χ0n) is 12.8. The normalized spacial score (nSPS) is 10.7. The van der Waals surface area contributed by atoms with Crippen LogP contribution >= 0.6 is 15.9 Å². The van der Waals surface area contributed by atoms with Crippen molar-refractivity contribution in [2.24, 2.45) is 0 Å². The van der Waals surface area contributed by atoms with Crippen LogP contribution in [0.25, 0.3) is 0 Å². The molecule has 0 N–H and O–H groups in total. The second-order valence-corrected chi connectivity index (χ2v) is 5.96. The predicted octanol–water partition coefficient (Wildman–Crippen LogP) is 3.31. The van der Waals surface area contributed by atoms with Crippen molar-refractivity contribution in [3.8, 4) is 5.75 Å². The maximum atomic E-state index is 13.6. The van der Waals surface area contributed by atoms with Crippen molar-refractivity contribution in [2.45, 2.75) is 13.2 Å². The molecule has 0 unspecified atom stereocenters. The van der Waals surface area contributed by atoms with Crippen LogP contribution in [0.5, 0.6) is 5.75 Å². The first-order valence-electron chi connectivity index (χ1n) is 7.26. The minimum absolute atomic E-state index is 0.153. The van der Waals surface area contributed by atoms with Gasteiger partial charge in [-0.3, -0.25) is 9.78 Å². The lowest BCUT2D eigenvalue weighted by atomic mass is 10.2. The van der Waals surface area contributed by atoms with Crippen molar-refractivity contribution >= 4 is 15.9 Å². The van der Waals surface area contributed by atoms with E-state index in [0.717, 1.165) is 17.7 Å². The number of pyridine rings is 1. The van der Waals surface area contributed by atoms with Crippen LogP contribution in [0.1, 0.15) is 11.1 Å². The molecule has 0 spiro atoms. The largest absolute Gasteiger partial charge is 0.486 e. The Bertz CT molecular complexity index is 948. The summed E-state index contributed by atoms with van der Waals surface area (Å²) in [4.78, 5) is 16.3. The maximum absolute atomic E-state index is 13.6. The average molecular weight is 408 g/mol. The Balaban J connectivity index is 1.77. The zero-order chi connectivity index (χ0) is 17.8. The fourth-order valence-corrected chi connectivity index (χ4v) is 2.54. The molecule has 128 valence electrons. The van der Waals surface area contributed by atoms with E-state index in [1.807, 2.05) is 0 Å². The van der Waals surface area contributed by atoms with Gasteiger partial charge in [-0.15, -0.1) is 0 Å². The SMILES string of the molecule is O=c1c(Br)c(OCc2ccc(F)cc2F)cnn1Cc1ccncc1. The summed E-state index contributed by atoms with van der Waals surface area (Å²) in [7, 11) is 0. The molecular weight excluding hydrogens is 396 g/mol. The molecule has 3 aromatic rings. The van der Waals surface area contributed by atoms with Gasteiger partial charge in [0, 0.05) is 24.0 Å². The van der Waals surface area contributed by atoms with Crippen molar-refractivity contribution in [2.75, 3.05) is 0 Å². The molecule has 0 radical (unpaired) electrons. The number of ether oxygens (including phenoxy) is 1. The number of nitrogens with zero attached hydrogens (tertiary/aromatic N) is 3. The van der Waals surface area contributed by atoms with Crippen molar-refractivity contribution in [3.05, 3.63) is 86.5 Å². The monoisotopic (exact) mass is 407 g/mol. The number of halogens is 3. The molecule has 0 amide bonds. The first-order valence-corrected chi connectivity index (χ1v) is 8.05. The molecule has 2 aromatic heterocycles. The summed E-state index contributed by atoms with van der Waals surface area (Å²) in [5.41, 5.74) is 0.668. The van der Waals surface area contributed by atoms with Crippen LogP contribution < -0.4 is 10.3 Å². The summed E-state index contributed by atoms with van der Waals surface area (Å²) in [5, 5.41) is 4.06. The Hall–Kier alpha value is -2.61. The topological polar surface area (TPSA) is 57.0 Å². The smallest absolute Gasteiger partial charge is 0.285 e. The fourth-order valence-electron chi connectivity index (χ4n) is 2.12. The van der Waals surface area contributed by atoms with Crippen LogP contribution in [0.2, 0.25) is 0 Å². The quantitative estimate of drug-likeness (QED) is 0.650. The Morgan fingerprint density at radius 1 is 1.16 bits per heavy atom. The Labute approximate surface area is 150 Å². The number of hydrogen-bond acceptors (Lipinski definition) is 4. The predicted molar refractivity (Wildman–Crippen MR) is 90.2 cm³/mol. The minimum atomic E-state index is -0.713. The molecule has 8 heteroatoms. The molecule has 0 aliphatic rings. The standard InChI is InChI=1S/C17H12BrF2N3O2/c18-16-15(25-10-12-1-2-13(19)7-14(12)20)8-22-23(17(16)24)9-11-3-5-21-6-4-11/h1-8H,9-10H2. The summed E-state index contributed by atoms with van der Waals surface area (Å²) in [6.07, 6.45) is 4.63. The molecule has 5 nitrogen and oxygen atoms in total. The summed E-state index contributed by atoms with van der Waals surface area (Å²) >= 11 is 3.18. The first-order chi connectivity index (χ1) is 12.0. The molecule has 0 saturated carbocycles. The lowest BCUT2D eigenvalue weighted by molar-refractivity contribution is 0.293. The fraction of sp³-hybridized carbons (Fsp3) is 0.118. The minimum Gasteiger partial charge on any atom is -0.486 e. The summed E-state index contributed by atoms with van der Waals surface area (Å²) in [5.74, 6) is -1.20. The molecule has 25 heavy (non-hydrogen) atoms. The van der Waals surface area contributed by atoms with Crippen LogP contribution in [-0.4, -0.2) is 14.8 Å². The average Bonchev–Trinajstić information content (AvgIpc) is 2.61. The lowest BCUT2D eigenvalue weighted by Gasteiger charge is -2.10. The van der Waals surface area contributed by atoms with E-state index in [0.29, 0.717) is 0 Å². The number of hydrogen-bond donors (Lipinski definition) is 0. The third kappa shape index (κ3) is 4.08. The van der Waals surface area contributed by atoms with Gasteiger partial charge >= 0.3 is 0 Å². The highest BCUT2D eigenvalue weighted by Gasteiger charge is 2.12. The maximum Gasteiger partial charge on any atom is 0.285 e. The van der Waals surface area contributed by atoms with Crippen LogP contribution in [0, 0.1) is 11.6 Å². The first kappa shape index (κ1) is 17.2. The zero-order valence-corrected chi connectivity index (χ0v) is 14.4. The van der Waals surface area contributed by atoms with Gasteiger partial charge in [0.15, 0.2) is 5.75 Å². The van der Waals surface area contributed by atoms with Gasteiger partial charge in [0.25, 0.3) is 5.56 Å². The van der Waals surface area contributed by atoms with Gasteiger partial charge in [-0.1, -0.05) is 0 Å². The second kappa shape index (κ2) is 7.52. The Morgan fingerprint density at radius 3 is 2.64 bits per heavy atom. The highest BCUT2D eigenvalue weighted by molar-refractivity contribution is 9.10. The van der Waals surface area contributed by atoms with Crippen LogP contribution in [0.15, 0.2) is 58.2 Å². The molecule has 0 atom stereocenters. The van der Waals surface area contributed by atoms with E-state index in [1.54, 1.807) is 24.5 Å². The van der Waals surface area contributed by atoms with Gasteiger partial charge in [-0.2, -0.15) is 5.10 Å². The van der Waals surface area contributed by atoms with Crippen LogP contribution in [0.3, 0.4) is 0 Å². The Kier molecular flexibility index (Phi) is 5.18. The highest BCUT2D eigenvalue weighted by atomic mass is 79.9. The van der Waals surface area contributed by atoms with E-state index >= 15 is 0 Å². The van der Waals surface area contributed by atoms with Crippen LogP contribution in [-0.2, 0) is 13.2 Å². The second-order valence-electron chi connectivity index (χ2n) is 5.17. The van der Waals surface area contributed by atoms with Crippen molar-refractivity contribution in [1.29, 1.82) is 0 Å². The molecular formula is C17H12BrF2N3O2. The van der Waals surface area contributed by atoms with E-state index < -0.39 is 11.6 Å². The van der Waals surface area contributed by atoms with Crippen molar-refractivity contribution < 1.29 is 13.5 Å². The Morgan fingerprint density at radius 2 is 1.92 bits per heavy atom. The van der Waals surface area contributed by atoms with Crippen molar-refractivity contribution in [3.63, 3.8) is 0 Å². The van der Waals surface area contributed by atoms with E-state index in [2.05, 4.69) is 26.0 Å². The van der Waals surface area contributed by atoms with Gasteiger partial charge in [-0.05, 0) is 45.8 Å². The van der Waals surface area contributed by atoms with E-state index in [4.69, 9.17) is 4.74 Å². The number of aromatic nitrogens is 3. The van der Waals surface area contributed by atoms with Gasteiger partial charge in [0.1, 0.15) is 22.7 Å². The van der Waals surface area contributed by atoms with Crippen molar-refractivity contribution in [1.82, 2.24) is 14.8 Å². The molecule has 0 bridgehead atoms. The molecule has 1 aromatic carbocycles. The van der Waals surface area contributed by atoms with E-state index in [1.165, 1.54) is 16.9 Å². The van der Waals surface area contributed by atoms with Gasteiger partial charge in [0.05, 0.1) is 12.7 Å². The van der Waals surface area contributed by atoms with Gasteiger partial charge in [0.2, 0.25) is 0 Å². The third-order valence-corrected chi connectivity index (χ3v) is 4.16. The van der Waals surface area contributed by atoms with E-state index in [9.17, 15) is 13.6 Å². The van der Waals surface area contributed by atoms with E-state index in [-0.39, 0.29) is 34.5 Å². The third-order valence-electron chi connectivity index (χ3n) is 3.43. The summed E-state index contributed by atoms with van der Waals surface area (Å²) < 4.78 is 33.4. The van der Waals surface area contributed by atoms with Gasteiger partial charge < -0.3 is 4.74 Å². The number of rotatable bonds is 5. The molecule has 3 rings (SSSR count). The van der Waals surface area contributed by atoms with Gasteiger partial charge in [-0.25, -0.2) is 13.5 Å². The summed E-state index contributed by atoms with van der Waals surface area (Å²) in [6.45, 7) is 0.132. The highest BCUT2D eigenvalue weighted by Crippen LogP contribution is 2.21. The molecule has 0 aliphatic carbocycles. The molecule has 2 heterocycles. The summed E-state index contributed by atoms with van der Waals surface area (Å²) in [6, 6.07) is 6.77. The van der Waals surface area contributed by atoms with Crippen LogP contribution in [0.4, 0.5) is 8.78 Å². The molecule has 0 aliphatic heterocycles. The lowest BCUT2D eigenvalue weighted by Crippen LogP contribution is -2.24. The molecule has 0 fully saturated rings. The molecule has 0 saturated heterocycles. The number of benzene rings is 1.